The van der Waals surface area contributed by atoms with Gasteiger partial charge in [0.1, 0.15) is 0 Å². The number of rotatable bonds is 2. The summed E-state index contributed by atoms with van der Waals surface area (Å²) in [4.78, 5) is 13.0. The van der Waals surface area contributed by atoms with Gasteiger partial charge >= 0.3 is 0 Å². The number of hydrogen-bond donors (Lipinski definition) is 2. The first kappa shape index (κ1) is 9.48. The van der Waals surface area contributed by atoms with Crippen molar-refractivity contribution >= 4 is 5.91 Å². The molecule has 0 aromatic carbocycles. The van der Waals surface area contributed by atoms with Gasteiger partial charge in [-0.3, -0.25) is 9.69 Å². The number of nitrogens with zero attached hydrogens (tertiary/aromatic N) is 1. The van der Waals surface area contributed by atoms with Crippen molar-refractivity contribution in [3.05, 3.63) is 0 Å². The third-order valence-corrected chi connectivity index (χ3v) is 2.36. The molecule has 1 unspecified atom stereocenters. The van der Waals surface area contributed by atoms with Crippen molar-refractivity contribution in [3.8, 4) is 0 Å². The normalized spacial score (nSPS) is 28.3. The first-order valence-electron chi connectivity index (χ1n) is 4.38. The lowest BCUT2D eigenvalue weighted by atomic mass is 10.2. The van der Waals surface area contributed by atoms with E-state index in [1.807, 2.05) is 6.92 Å². The number of piperazine rings is 1. The van der Waals surface area contributed by atoms with E-state index in [0.717, 1.165) is 19.6 Å². The summed E-state index contributed by atoms with van der Waals surface area (Å²) in [5, 5.41) is 3.31. The maximum atomic E-state index is 10.9. The number of carbonyl (C=O) groups excluding carboxylic acids is 1. The zero-order chi connectivity index (χ0) is 9.14. The maximum Gasteiger partial charge on any atom is 0.234 e. The van der Waals surface area contributed by atoms with Gasteiger partial charge in [-0.25, -0.2) is 0 Å². The summed E-state index contributed by atoms with van der Waals surface area (Å²) in [6, 6.07) is 0.329. The second kappa shape index (κ2) is 3.87. The fourth-order valence-corrected chi connectivity index (χ4v) is 1.49. The summed E-state index contributed by atoms with van der Waals surface area (Å²) in [5.41, 5.74) is 5.21. The Morgan fingerprint density at radius 3 is 2.92 bits per heavy atom. The molecule has 1 rings (SSSR count). The lowest BCUT2D eigenvalue weighted by molar-refractivity contribution is -0.123. The van der Waals surface area contributed by atoms with Gasteiger partial charge in [-0.15, -0.1) is 0 Å². The van der Waals surface area contributed by atoms with E-state index in [-0.39, 0.29) is 11.9 Å². The van der Waals surface area contributed by atoms with E-state index in [1.54, 1.807) is 0 Å². The van der Waals surface area contributed by atoms with Crippen molar-refractivity contribution in [1.29, 1.82) is 0 Å². The van der Waals surface area contributed by atoms with Gasteiger partial charge < -0.3 is 11.1 Å². The van der Waals surface area contributed by atoms with Gasteiger partial charge in [-0.2, -0.15) is 0 Å². The minimum Gasteiger partial charge on any atom is -0.368 e. The summed E-state index contributed by atoms with van der Waals surface area (Å²) in [6.45, 7) is 6.73. The Labute approximate surface area is 73.1 Å². The van der Waals surface area contributed by atoms with Crippen LogP contribution in [0.2, 0.25) is 0 Å². The summed E-state index contributed by atoms with van der Waals surface area (Å²) in [6.07, 6.45) is 0. The molecule has 1 aliphatic heterocycles. The minimum atomic E-state index is -0.232. The summed E-state index contributed by atoms with van der Waals surface area (Å²) in [7, 11) is 0. The minimum absolute atomic E-state index is 0.130. The fourth-order valence-electron chi connectivity index (χ4n) is 1.49. The van der Waals surface area contributed by atoms with E-state index in [0.29, 0.717) is 6.04 Å². The van der Waals surface area contributed by atoms with Gasteiger partial charge in [0, 0.05) is 25.7 Å². The van der Waals surface area contributed by atoms with Gasteiger partial charge in [0.15, 0.2) is 0 Å². The Kier molecular flexibility index (Phi) is 3.05. The highest BCUT2D eigenvalue weighted by molar-refractivity contribution is 5.79. The zero-order valence-electron chi connectivity index (χ0n) is 7.71. The molecule has 0 bridgehead atoms. The average molecular weight is 171 g/mol. The Balaban J connectivity index is 2.45. The molecule has 0 aliphatic carbocycles. The van der Waals surface area contributed by atoms with Crippen LogP contribution in [0.1, 0.15) is 13.8 Å². The monoisotopic (exact) mass is 171 g/mol. The summed E-state index contributed by atoms with van der Waals surface area (Å²) >= 11 is 0. The first-order chi connectivity index (χ1) is 5.61. The van der Waals surface area contributed by atoms with E-state index in [9.17, 15) is 4.79 Å². The molecule has 1 saturated heterocycles. The molecule has 3 N–H and O–H groups in total. The summed E-state index contributed by atoms with van der Waals surface area (Å²) in [5.74, 6) is -0.232. The maximum absolute atomic E-state index is 10.9. The molecule has 0 saturated carbocycles. The molecule has 1 fully saturated rings. The molecule has 70 valence electrons. The molecule has 0 spiro atoms. The molecule has 0 aromatic rings. The van der Waals surface area contributed by atoms with E-state index in [4.69, 9.17) is 5.73 Å². The highest BCUT2D eigenvalue weighted by Gasteiger charge is 2.23. The van der Waals surface area contributed by atoms with E-state index in [1.165, 1.54) is 0 Å². The number of primary amides is 1. The van der Waals surface area contributed by atoms with Crippen LogP contribution in [0.4, 0.5) is 0 Å². The largest absolute Gasteiger partial charge is 0.368 e. The predicted octanol–water partition coefficient (Wildman–Crippen LogP) is -0.846. The molecule has 1 aliphatic rings. The van der Waals surface area contributed by atoms with E-state index in [2.05, 4.69) is 17.1 Å². The topological polar surface area (TPSA) is 58.4 Å². The molecule has 1 amide bonds. The average Bonchev–Trinajstić information content (AvgIpc) is 2.03. The molecule has 2 atom stereocenters. The molecular weight excluding hydrogens is 154 g/mol. The molecule has 4 heteroatoms. The van der Waals surface area contributed by atoms with Crippen molar-refractivity contribution < 1.29 is 4.79 Å². The Bertz CT molecular complexity index is 172. The van der Waals surface area contributed by atoms with Gasteiger partial charge in [-0.1, -0.05) is 0 Å². The van der Waals surface area contributed by atoms with Gasteiger partial charge in [0.2, 0.25) is 5.91 Å². The van der Waals surface area contributed by atoms with Crippen LogP contribution < -0.4 is 11.1 Å². The lowest BCUT2D eigenvalue weighted by Gasteiger charge is -2.34. The Morgan fingerprint density at radius 2 is 2.42 bits per heavy atom. The standard InChI is InChI=1S/C8H17N3O/c1-6-5-11(4-3-10-6)7(2)8(9)12/h6-7,10H,3-5H2,1-2H3,(H2,9,12)/t6-,7?/m1/s1. The van der Waals surface area contributed by atoms with Crippen LogP contribution in [0.15, 0.2) is 0 Å². The van der Waals surface area contributed by atoms with Crippen LogP contribution in [0.25, 0.3) is 0 Å². The van der Waals surface area contributed by atoms with Crippen LogP contribution >= 0.6 is 0 Å². The lowest BCUT2D eigenvalue weighted by Crippen LogP contribution is -2.55. The number of nitrogens with one attached hydrogen (secondary N) is 1. The zero-order valence-corrected chi connectivity index (χ0v) is 7.71. The van der Waals surface area contributed by atoms with Crippen molar-refractivity contribution in [1.82, 2.24) is 10.2 Å². The second-order valence-electron chi connectivity index (χ2n) is 3.43. The van der Waals surface area contributed by atoms with E-state index < -0.39 is 0 Å². The highest BCUT2D eigenvalue weighted by Crippen LogP contribution is 2.03. The quantitative estimate of drug-likeness (QED) is 0.569. The van der Waals surface area contributed by atoms with Gasteiger partial charge in [0.25, 0.3) is 0 Å². The number of amides is 1. The third-order valence-electron chi connectivity index (χ3n) is 2.36. The SMILES string of the molecule is CC(C(N)=O)N1CCN[C@H](C)C1. The third kappa shape index (κ3) is 2.19. The second-order valence-corrected chi connectivity index (χ2v) is 3.43. The molecule has 0 radical (unpaired) electrons. The highest BCUT2D eigenvalue weighted by atomic mass is 16.1. The van der Waals surface area contributed by atoms with Crippen molar-refractivity contribution in [2.75, 3.05) is 19.6 Å². The van der Waals surface area contributed by atoms with Crippen molar-refractivity contribution in [2.45, 2.75) is 25.9 Å². The molecular formula is C8H17N3O. The molecule has 12 heavy (non-hydrogen) atoms. The fraction of sp³-hybridized carbons (Fsp3) is 0.875. The molecule has 4 nitrogen and oxygen atoms in total. The number of nitrogens with two attached hydrogens (primary N) is 1. The number of carbonyl (C=O) groups is 1. The Morgan fingerprint density at radius 1 is 1.75 bits per heavy atom. The van der Waals surface area contributed by atoms with Crippen LogP contribution in [0.5, 0.6) is 0 Å². The molecule has 0 aromatic heterocycles. The van der Waals surface area contributed by atoms with Crippen LogP contribution in [0.3, 0.4) is 0 Å². The van der Waals surface area contributed by atoms with Crippen LogP contribution in [-0.4, -0.2) is 42.5 Å². The predicted molar refractivity (Wildman–Crippen MR) is 47.7 cm³/mol. The smallest absolute Gasteiger partial charge is 0.234 e. The van der Waals surface area contributed by atoms with Crippen molar-refractivity contribution in [2.24, 2.45) is 5.73 Å². The molecule has 1 heterocycles. The van der Waals surface area contributed by atoms with E-state index >= 15 is 0 Å². The first-order valence-corrected chi connectivity index (χ1v) is 4.38. The van der Waals surface area contributed by atoms with Crippen LogP contribution in [-0.2, 0) is 4.79 Å². The van der Waals surface area contributed by atoms with Gasteiger partial charge in [0.05, 0.1) is 6.04 Å². The Hall–Kier alpha value is -0.610. The number of hydrogen-bond acceptors (Lipinski definition) is 3. The summed E-state index contributed by atoms with van der Waals surface area (Å²) < 4.78 is 0. The van der Waals surface area contributed by atoms with Gasteiger partial charge in [-0.05, 0) is 13.8 Å². The van der Waals surface area contributed by atoms with Crippen LogP contribution in [0, 0.1) is 0 Å². The van der Waals surface area contributed by atoms with Crippen molar-refractivity contribution in [3.63, 3.8) is 0 Å².